The molecule has 6 aromatic rings. The standard InChI is InChI=1S/2C13H10N2O3S/c16-19(17,18)13-14-11-8-4-7-10(12(11)15-13)9-5-2-1-3-6-9;16-19(17,18)10-6-7-11-12(8-10)15-13(14-11)9-4-2-1-3-5-9/h2*1-8H,(H,14,15)(H,16,17,18). The van der Waals surface area contributed by atoms with Crippen molar-refractivity contribution in [2.45, 2.75) is 10.1 Å². The summed E-state index contributed by atoms with van der Waals surface area (Å²) in [5.41, 5.74) is 4.94. The molecule has 10 nitrogen and oxygen atoms in total. The Kier molecular flexibility index (Phi) is 6.55. The summed E-state index contributed by atoms with van der Waals surface area (Å²) in [7, 11) is -8.53. The maximum absolute atomic E-state index is 11.1. The lowest BCUT2D eigenvalue weighted by Crippen LogP contribution is -1.99. The van der Waals surface area contributed by atoms with Crippen LogP contribution in [0.4, 0.5) is 0 Å². The lowest BCUT2D eigenvalue weighted by Gasteiger charge is -2.01. The fourth-order valence-corrected chi connectivity index (χ4v) is 4.81. The highest BCUT2D eigenvalue weighted by atomic mass is 32.2. The third-order valence-electron chi connectivity index (χ3n) is 5.62. The minimum absolute atomic E-state index is 0.161. The van der Waals surface area contributed by atoms with Crippen LogP contribution in [0.15, 0.2) is 107 Å². The molecule has 0 aliphatic carbocycles. The first kappa shape index (κ1) is 25.3. The zero-order valence-corrected chi connectivity index (χ0v) is 21.1. The van der Waals surface area contributed by atoms with Gasteiger partial charge in [-0.15, -0.1) is 0 Å². The molecule has 0 spiro atoms. The van der Waals surface area contributed by atoms with E-state index in [1.807, 2.05) is 66.7 Å². The average molecular weight is 549 g/mol. The second kappa shape index (κ2) is 9.84. The smallest absolute Gasteiger partial charge is 0.328 e. The van der Waals surface area contributed by atoms with Crippen LogP contribution < -0.4 is 0 Å². The van der Waals surface area contributed by atoms with Crippen LogP contribution >= 0.6 is 0 Å². The van der Waals surface area contributed by atoms with Gasteiger partial charge in [0.2, 0.25) is 0 Å². The van der Waals surface area contributed by atoms with Gasteiger partial charge in [0, 0.05) is 11.1 Å². The molecule has 0 amide bonds. The number of aromatic amines is 2. The second-order valence-corrected chi connectivity index (χ2v) is 10.9. The molecule has 0 saturated carbocycles. The Hall–Kier alpha value is -4.36. The van der Waals surface area contributed by atoms with E-state index in [1.165, 1.54) is 12.1 Å². The molecule has 0 aliphatic heterocycles. The van der Waals surface area contributed by atoms with E-state index >= 15 is 0 Å². The number of hydrogen-bond donors (Lipinski definition) is 4. The molecule has 0 bridgehead atoms. The van der Waals surface area contributed by atoms with Crippen LogP contribution in [0.2, 0.25) is 0 Å². The van der Waals surface area contributed by atoms with Gasteiger partial charge < -0.3 is 9.97 Å². The summed E-state index contributed by atoms with van der Waals surface area (Å²) in [6.45, 7) is 0. The number of nitrogens with zero attached hydrogens (tertiary/aromatic N) is 2. The van der Waals surface area contributed by atoms with Gasteiger partial charge in [-0.25, -0.2) is 9.97 Å². The molecule has 12 heteroatoms. The largest absolute Gasteiger partial charge is 0.338 e. The number of H-pyrrole nitrogens is 2. The fraction of sp³-hybridized carbons (Fsp3) is 0. The molecule has 0 aliphatic rings. The fourth-order valence-electron chi connectivity index (χ4n) is 3.86. The molecule has 0 unspecified atom stereocenters. The van der Waals surface area contributed by atoms with Crippen LogP contribution in [0.3, 0.4) is 0 Å². The van der Waals surface area contributed by atoms with Crippen molar-refractivity contribution < 1.29 is 25.9 Å². The monoisotopic (exact) mass is 548 g/mol. The molecule has 0 radical (unpaired) electrons. The maximum atomic E-state index is 11.1. The Balaban J connectivity index is 0.000000155. The predicted octanol–water partition coefficient (Wildman–Crippen LogP) is 4.95. The topological polar surface area (TPSA) is 166 Å². The van der Waals surface area contributed by atoms with Crippen molar-refractivity contribution in [3.8, 4) is 22.5 Å². The highest BCUT2D eigenvalue weighted by molar-refractivity contribution is 7.86. The first-order valence-corrected chi connectivity index (χ1v) is 14.0. The lowest BCUT2D eigenvalue weighted by atomic mass is 10.0. The van der Waals surface area contributed by atoms with Crippen LogP contribution in [-0.4, -0.2) is 45.9 Å². The molecule has 4 aromatic carbocycles. The molecular formula is C26H20N4O6S2. The van der Waals surface area contributed by atoms with E-state index in [-0.39, 0.29) is 4.90 Å². The Morgan fingerprint density at radius 2 is 1.26 bits per heavy atom. The molecule has 192 valence electrons. The van der Waals surface area contributed by atoms with Crippen LogP contribution in [0, 0.1) is 0 Å². The first-order chi connectivity index (χ1) is 18.1. The van der Waals surface area contributed by atoms with Crippen LogP contribution in [0.5, 0.6) is 0 Å². The van der Waals surface area contributed by atoms with Gasteiger partial charge in [0.05, 0.1) is 27.0 Å². The van der Waals surface area contributed by atoms with Crippen LogP contribution in [0.25, 0.3) is 44.6 Å². The molecule has 6 rings (SSSR count). The molecular weight excluding hydrogens is 528 g/mol. The Morgan fingerprint density at radius 3 is 1.89 bits per heavy atom. The van der Waals surface area contributed by atoms with Gasteiger partial charge in [-0.3, -0.25) is 9.11 Å². The van der Waals surface area contributed by atoms with Gasteiger partial charge >= 0.3 is 10.1 Å². The summed E-state index contributed by atoms with van der Waals surface area (Å²) in [5, 5.41) is -0.439. The number of hydrogen-bond acceptors (Lipinski definition) is 6. The number of nitrogens with one attached hydrogen (secondary N) is 2. The molecule has 38 heavy (non-hydrogen) atoms. The highest BCUT2D eigenvalue weighted by Crippen LogP contribution is 2.28. The molecule has 0 fully saturated rings. The number of para-hydroxylation sites is 1. The van der Waals surface area contributed by atoms with E-state index in [0.717, 1.165) is 16.7 Å². The minimum Gasteiger partial charge on any atom is -0.338 e. The van der Waals surface area contributed by atoms with Crippen LogP contribution in [0.1, 0.15) is 0 Å². The Labute approximate surface area is 217 Å². The molecule has 0 atom stereocenters. The zero-order valence-electron chi connectivity index (χ0n) is 19.5. The summed E-state index contributed by atoms with van der Waals surface area (Å²) in [6.07, 6.45) is 0. The number of rotatable bonds is 4. The van der Waals surface area contributed by atoms with Gasteiger partial charge in [0.15, 0.2) is 0 Å². The summed E-state index contributed by atoms with van der Waals surface area (Å²) in [4.78, 5) is 13.8. The summed E-state index contributed by atoms with van der Waals surface area (Å²) < 4.78 is 62.4. The van der Waals surface area contributed by atoms with Crippen molar-refractivity contribution in [1.29, 1.82) is 0 Å². The normalized spacial score (nSPS) is 11.8. The van der Waals surface area contributed by atoms with Gasteiger partial charge in [0.1, 0.15) is 5.82 Å². The molecule has 4 N–H and O–H groups in total. The van der Waals surface area contributed by atoms with Crippen molar-refractivity contribution in [2.24, 2.45) is 0 Å². The average Bonchev–Trinajstić information content (AvgIpc) is 3.54. The SMILES string of the molecule is O=S(=O)(O)c1ccc2[nH]c(-c3ccccc3)nc2c1.O=S(=O)(O)c1nc2c(-c3ccccc3)cccc2[nH]1. The third-order valence-corrected chi connectivity index (χ3v) is 7.15. The van der Waals surface area contributed by atoms with Gasteiger partial charge in [-0.1, -0.05) is 72.8 Å². The number of imidazole rings is 2. The molecule has 2 aromatic heterocycles. The number of fused-ring (bicyclic) bond motifs is 2. The Bertz CT molecular complexity index is 1970. The quantitative estimate of drug-likeness (QED) is 0.225. The summed E-state index contributed by atoms with van der Waals surface area (Å²) >= 11 is 0. The zero-order chi connectivity index (χ0) is 26.9. The number of benzene rings is 4. The van der Waals surface area contributed by atoms with E-state index in [1.54, 1.807) is 18.2 Å². The lowest BCUT2D eigenvalue weighted by molar-refractivity contribution is 0.475. The molecule has 2 heterocycles. The van der Waals surface area contributed by atoms with Gasteiger partial charge in [0.25, 0.3) is 15.3 Å². The second-order valence-electron chi connectivity index (χ2n) is 8.19. The minimum atomic E-state index is -4.33. The van der Waals surface area contributed by atoms with Gasteiger partial charge in [-0.2, -0.15) is 16.8 Å². The van der Waals surface area contributed by atoms with Gasteiger partial charge in [-0.05, 0) is 29.8 Å². The van der Waals surface area contributed by atoms with E-state index in [0.29, 0.717) is 27.9 Å². The van der Waals surface area contributed by atoms with Crippen molar-refractivity contribution in [3.05, 3.63) is 97.1 Å². The van der Waals surface area contributed by atoms with Crippen LogP contribution in [-0.2, 0) is 20.2 Å². The highest BCUT2D eigenvalue weighted by Gasteiger charge is 2.17. The van der Waals surface area contributed by atoms with E-state index < -0.39 is 25.4 Å². The third kappa shape index (κ3) is 5.33. The van der Waals surface area contributed by atoms with Crippen molar-refractivity contribution in [2.75, 3.05) is 0 Å². The number of aromatic nitrogens is 4. The van der Waals surface area contributed by atoms with E-state index in [2.05, 4.69) is 19.9 Å². The molecule has 0 saturated heterocycles. The summed E-state index contributed by atoms with van der Waals surface area (Å²) in [6, 6.07) is 28.6. The van der Waals surface area contributed by atoms with Crippen molar-refractivity contribution in [3.63, 3.8) is 0 Å². The van der Waals surface area contributed by atoms with Crippen molar-refractivity contribution >= 4 is 42.3 Å². The van der Waals surface area contributed by atoms with E-state index in [4.69, 9.17) is 9.11 Å². The first-order valence-electron chi connectivity index (χ1n) is 11.1. The maximum Gasteiger partial charge on any atom is 0.328 e. The van der Waals surface area contributed by atoms with E-state index in [9.17, 15) is 16.8 Å². The Morgan fingerprint density at radius 1 is 0.605 bits per heavy atom. The summed E-state index contributed by atoms with van der Waals surface area (Å²) in [5.74, 6) is 0.656. The predicted molar refractivity (Wildman–Crippen MR) is 143 cm³/mol. The van der Waals surface area contributed by atoms with Crippen molar-refractivity contribution in [1.82, 2.24) is 19.9 Å².